The highest BCUT2D eigenvalue weighted by Crippen LogP contribution is 2.32. The minimum atomic E-state index is 0.0409. The van der Waals surface area contributed by atoms with Crippen molar-refractivity contribution in [3.8, 4) is 11.3 Å². The molecule has 5 rings (SSSR count). The molecular formula is C33H33N2+. The predicted molar refractivity (Wildman–Crippen MR) is 146 cm³/mol. The zero-order chi connectivity index (χ0) is 24.4. The van der Waals surface area contributed by atoms with E-state index >= 15 is 0 Å². The lowest BCUT2D eigenvalue weighted by atomic mass is 9.97. The van der Waals surface area contributed by atoms with E-state index in [1.54, 1.807) is 0 Å². The average molecular weight is 458 g/mol. The van der Waals surface area contributed by atoms with E-state index in [4.69, 9.17) is 4.99 Å². The maximum absolute atomic E-state index is 5.17. The van der Waals surface area contributed by atoms with Gasteiger partial charge in [0, 0.05) is 30.2 Å². The molecule has 1 atom stereocenters. The predicted octanol–water partition coefficient (Wildman–Crippen LogP) is 7.36. The molecule has 1 aliphatic heterocycles. The molecule has 35 heavy (non-hydrogen) atoms. The van der Waals surface area contributed by atoms with Gasteiger partial charge in [0.1, 0.15) is 0 Å². The number of aliphatic imine (C=N–C) groups is 1. The van der Waals surface area contributed by atoms with Crippen molar-refractivity contribution in [2.24, 2.45) is 4.99 Å². The van der Waals surface area contributed by atoms with Crippen molar-refractivity contribution in [3.63, 3.8) is 0 Å². The summed E-state index contributed by atoms with van der Waals surface area (Å²) >= 11 is 0. The first kappa shape index (κ1) is 23.0. The summed E-state index contributed by atoms with van der Waals surface area (Å²) in [5, 5.41) is 0. The SMILES string of the molecule is CCc1ccccc1-c1cc(C)cc(C)[n+]1Cc1ccccc1C1C=C(C)C(c2ccccc2)=N1. The molecule has 174 valence electrons. The monoisotopic (exact) mass is 457 g/mol. The van der Waals surface area contributed by atoms with Crippen LogP contribution >= 0.6 is 0 Å². The first-order valence-corrected chi connectivity index (χ1v) is 12.5. The second-order valence-electron chi connectivity index (χ2n) is 9.49. The van der Waals surface area contributed by atoms with Gasteiger partial charge in [0.15, 0.2) is 12.2 Å². The van der Waals surface area contributed by atoms with E-state index in [9.17, 15) is 0 Å². The normalized spacial score (nSPS) is 15.1. The molecule has 2 nitrogen and oxygen atoms in total. The van der Waals surface area contributed by atoms with Crippen LogP contribution in [0, 0.1) is 13.8 Å². The summed E-state index contributed by atoms with van der Waals surface area (Å²) < 4.78 is 2.47. The third kappa shape index (κ3) is 4.61. The van der Waals surface area contributed by atoms with Gasteiger partial charge in [-0.15, -0.1) is 0 Å². The van der Waals surface area contributed by atoms with Crippen LogP contribution < -0.4 is 4.57 Å². The maximum atomic E-state index is 5.17. The number of aryl methyl sites for hydroxylation is 3. The molecule has 4 aromatic rings. The number of benzene rings is 3. The van der Waals surface area contributed by atoms with Crippen LogP contribution in [0.25, 0.3) is 11.3 Å². The van der Waals surface area contributed by atoms with Crippen LogP contribution in [0.1, 0.15) is 53.4 Å². The molecule has 2 heterocycles. The minimum absolute atomic E-state index is 0.0409. The topological polar surface area (TPSA) is 16.2 Å². The molecule has 0 spiro atoms. The third-order valence-electron chi connectivity index (χ3n) is 6.99. The van der Waals surface area contributed by atoms with Crippen LogP contribution in [0.3, 0.4) is 0 Å². The maximum Gasteiger partial charge on any atom is 0.213 e. The fourth-order valence-corrected chi connectivity index (χ4v) is 5.23. The summed E-state index contributed by atoms with van der Waals surface area (Å²) in [6, 6.07) is 32.7. The summed E-state index contributed by atoms with van der Waals surface area (Å²) in [7, 11) is 0. The molecule has 0 saturated heterocycles. The van der Waals surface area contributed by atoms with Crippen LogP contribution in [0.2, 0.25) is 0 Å². The Hall–Kier alpha value is -3.78. The van der Waals surface area contributed by atoms with Gasteiger partial charge in [0.05, 0.1) is 11.8 Å². The van der Waals surface area contributed by atoms with Crippen LogP contribution in [0.5, 0.6) is 0 Å². The molecule has 3 aromatic carbocycles. The van der Waals surface area contributed by atoms with Gasteiger partial charge in [-0.05, 0) is 54.2 Å². The summed E-state index contributed by atoms with van der Waals surface area (Å²) in [5.41, 5.74) is 12.7. The lowest BCUT2D eigenvalue weighted by Gasteiger charge is -2.15. The Morgan fingerprint density at radius 2 is 1.46 bits per heavy atom. The summed E-state index contributed by atoms with van der Waals surface area (Å²) in [6.07, 6.45) is 3.32. The first-order chi connectivity index (χ1) is 17.0. The molecule has 0 saturated carbocycles. The van der Waals surface area contributed by atoms with Gasteiger partial charge >= 0.3 is 0 Å². The molecule has 0 fully saturated rings. The second-order valence-corrected chi connectivity index (χ2v) is 9.49. The molecule has 0 radical (unpaired) electrons. The van der Waals surface area contributed by atoms with Crippen molar-refractivity contribution in [3.05, 3.63) is 136 Å². The molecule has 1 aromatic heterocycles. The van der Waals surface area contributed by atoms with Gasteiger partial charge in [-0.2, -0.15) is 4.57 Å². The molecule has 2 heteroatoms. The minimum Gasteiger partial charge on any atom is -0.272 e. The number of hydrogen-bond donors (Lipinski definition) is 0. The van der Waals surface area contributed by atoms with Crippen molar-refractivity contribution >= 4 is 5.71 Å². The van der Waals surface area contributed by atoms with Gasteiger partial charge in [0.25, 0.3) is 0 Å². The highest BCUT2D eigenvalue weighted by molar-refractivity contribution is 6.13. The molecule has 0 bridgehead atoms. The standard InChI is InChI=1S/C33H33N2/c1-5-26-13-9-12-18-30(26)32-20-23(2)19-25(4)35(32)22-28-16-10-11-17-29(28)31-21-24(3)33(34-31)27-14-7-6-8-15-27/h6-21,31H,5,22H2,1-4H3/q+1. The van der Waals surface area contributed by atoms with E-state index in [1.807, 2.05) is 0 Å². The van der Waals surface area contributed by atoms with Gasteiger partial charge in [-0.3, -0.25) is 4.99 Å². The van der Waals surface area contributed by atoms with E-state index in [2.05, 4.69) is 129 Å². The number of allylic oxidation sites excluding steroid dienone is 1. The number of nitrogens with zero attached hydrogens (tertiary/aromatic N) is 2. The number of hydrogen-bond acceptors (Lipinski definition) is 1. The van der Waals surface area contributed by atoms with E-state index in [-0.39, 0.29) is 6.04 Å². The van der Waals surface area contributed by atoms with Crippen molar-refractivity contribution in [1.29, 1.82) is 0 Å². The lowest BCUT2D eigenvalue weighted by molar-refractivity contribution is -0.683. The quantitative estimate of drug-likeness (QED) is 0.269. The average Bonchev–Trinajstić information content (AvgIpc) is 3.27. The summed E-state index contributed by atoms with van der Waals surface area (Å²) in [6.45, 7) is 9.63. The largest absolute Gasteiger partial charge is 0.272 e. The highest BCUT2D eigenvalue weighted by Gasteiger charge is 2.25. The lowest BCUT2D eigenvalue weighted by Crippen LogP contribution is -2.41. The zero-order valence-electron chi connectivity index (χ0n) is 21.1. The third-order valence-corrected chi connectivity index (χ3v) is 6.99. The fourth-order valence-electron chi connectivity index (χ4n) is 5.23. The fraction of sp³-hybridized carbons (Fsp3) is 0.212. The Labute approximate surface area is 209 Å². The Morgan fingerprint density at radius 1 is 0.771 bits per heavy atom. The van der Waals surface area contributed by atoms with Gasteiger partial charge < -0.3 is 0 Å². The highest BCUT2D eigenvalue weighted by atomic mass is 15.0. The molecule has 1 unspecified atom stereocenters. The van der Waals surface area contributed by atoms with Crippen molar-refractivity contribution in [1.82, 2.24) is 0 Å². The number of aromatic nitrogens is 1. The van der Waals surface area contributed by atoms with Crippen molar-refractivity contribution in [2.45, 2.75) is 46.7 Å². The van der Waals surface area contributed by atoms with E-state index in [1.165, 1.54) is 50.3 Å². The molecule has 1 aliphatic rings. The first-order valence-electron chi connectivity index (χ1n) is 12.5. The molecule has 0 aliphatic carbocycles. The summed E-state index contributed by atoms with van der Waals surface area (Å²) in [5.74, 6) is 0. The zero-order valence-corrected chi connectivity index (χ0v) is 21.1. The summed E-state index contributed by atoms with van der Waals surface area (Å²) in [4.78, 5) is 5.17. The molecule has 0 amide bonds. The van der Waals surface area contributed by atoms with Crippen molar-refractivity contribution in [2.75, 3.05) is 0 Å². The number of rotatable bonds is 6. The Bertz CT molecular complexity index is 1430. The number of pyridine rings is 1. The van der Waals surface area contributed by atoms with Gasteiger partial charge in [-0.25, -0.2) is 0 Å². The van der Waals surface area contributed by atoms with E-state index in [0.717, 1.165) is 18.7 Å². The Kier molecular flexibility index (Phi) is 6.46. The van der Waals surface area contributed by atoms with Gasteiger partial charge in [-0.1, -0.05) is 85.8 Å². The van der Waals surface area contributed by atoms with E-state index in [0.29, 0.717) is 0 Å². The van der Waals surface area contributed by atoms with E-state index < -0.39 is 0 Å². The van der Waals surface area contributed by atoms with Crippen LogP contribution in [-0.2, 0) is 13.0 Å². The van der Waals surface area contributed by atoms with Crippen molar-refractivity contribution < 1.29 is 4.57 Å². The Morgan fingerprint density at radius 3 is 2.23 bits per heavy atom. The van der Waals surface area contributed by atoms with Crippen LogP contribution in [0.15, 0.2) is 108 Å². The van der Waals surface area contributed by atoms with Crippen LogP contribution in [0.4, 0.5) is 0 Å². The van der Waals surface area contributed by atoms with Crippen LogP contribution in [-0.4, -0.2) is 5.71 Å². The van der Waals surface area contributed by atoms with Gasteiger partial charge in [0.2, 0.25) is 5.69 Å². The molecular weight excluding hydrogens is 424 g/mol. The smallest absolute Gasteiger partial charge is 0.213 e. The molecule has 0 N–H and O–H groups in total. The Balaban J connectivity index is 1.57. The second kappa shape index (κ2) is 9.84.